The molecule has 0 spiro atoms. The molecular formula is C23H28N4O3. The van der Waals surface area contributed by atoms with Gasteiger partial charge < -0.3 is 19.2 Å². The highest BCUT2D eigenvalue weighted by molar-refractivity contribution is 5.95. The summed E-state index contributed by atoms with van der Waals surface area (Å²) in [5.74, 6) is 0.479. The first-order chi connectivity index (χ1) is 14.5. The lowest BCUT2D eigenvalue weighted by atomic mass is 10.1. The van der Waals surface area contributed by atoms with E-state index in [1.165, 1.54) is 0 Å². The van der Waals surface area contributed by atoms with Gasteiger partial charge in [0.25, 0.3) is 5.91 Å². The summed E-state index contributed by atoms with van der Waals surface area (Å²) in [4.78, 5) is 29.5. The molecule has 1 amide bonds. The quantitative estimate of drug-likeness (QED) is 0.552. The van der Waals surface area contributed by atoms with Gasteiger partial charge in [-0.3, -0.25) is 9.59 Å². The molecule has 2 aromatic heterocycles. The van der Waals surface area contributed by atoms with Gasteiger partial charge in [0.1, 0.15) is 11.3 Å². The van der Waals surface area contributed by atoms with E-state index in [1.54, 1.807) is 25.7 Å². The Morgan fingerprint density at radius 1 is 1.23 bits per heavy atom. The molecule has 3 aromatic rings. The predicted octanol–water partition coefficient (Wildman–Crippen LogP) is 2.79. The van der Waals surface area contributed by atoms with Crippen molar-refractivity contribution in [3.63, 3.8) is 0 Å². The fraction of sp³-hybridized carbons (Fsp3) is 0.348. The molecule has 2 heterocycles. The van der Waals surface area contributed by atoms with Crippen molar-refractivity contribution in [1.82, 2.24) is 19.4 Å². The maximum Gasteiger partial charge on any atom is 0.257 e. The van der Waals surface area contributed by atoms with Gasteiger partial charge >= 0.3 is 0 Å². The van der Waals surface area contributed by atoms with E-state index >= 15 is 0 Å². The SMILES string of the molecule is CCc1c(C(=O)NCCCn2ccnc2)c(=O)cc(C)n1Cc1ccc(OC)cc1. The van der Waals surface area contributed by atoms with E-state index in [0.29, 0.717) is 19.5 Å². The van der Waals surface area contributed by atoms with Crippen LogP contribution in [0.1, 0.15) is 40.7 Å². The maximum atomic E-state index is 12.8. The molecule has 7 nitrogen and oxygen atoms in total. The summed E-state index contributed by atoms with van der Waals surface area (Å²) in [7, 11) is 1.64. The molecule has 7 heteroatoms. The monoisotopic (exact) mass is 408 g/mol. The van der Waals surface area contributed by atoms with Gasteiger partial charge in [0, 0.05) is 49.5 Å². The summed E-state index contributed by atoms with van der Waals surface area (Å²) >= 11 is 0. The summed E-state index contributed by atoms with van der Waals surface area (Å²) in [6.45, 7) is 5.70. The zero-order chi connectivity index (χ0) is 21.5. The summed E-state index contributed by atoms with van der Waals surface area (Å²) in [6, 6.07) is 9.35. The molecule has 0 saturated heterocycles. The van der Waals surface area contributed by atoms with E-state index in [4.69, 9.17) is 4.74 Å². The van der Waals surface area contributed by atoms with Crippen LogP contribution in [0.2, 0.25) is 0 Å². The van der Waals surface area contributed by atoms with Gasteiger partial charge in [-0.2, -0.15) is 0 Å². The molecule has 0 fully saturated rings. The van der Waals surface area contributed by atoms with Crippen LogP contribution in [0.3, 0.4) is 0 Å². The van der Waals surface area contributed by atoms with Crippen LogP contribution >= 0.6 is 0 Å². The second-order valence-electron chi connectivity index (χ2n) is 7.17. The number of rotatable bonds is 9. The molecule has 0 atom stereocenters. The van der Waals surface area contributed by atoms with Gasteiger partial charge in [-0.15, -0.1) is 0 Å². The number of benzene rings is 1. The first-order valence-electron chi connectivity index (χ1n) is 10.1. The molecule has 0 aliphatic carbocycles. The zero-order valence-corrected chi connectivity index (χ0v) is 17.7. The second kappa shape index (κ2) is 9.91. The summed E-state index contributed by atoms with van der Waals surface area (Å²) in [5, 5.41) is 2.90. The molecular weight excluding hydrogens is 380 g/mol. The summed E-state index contributed by atoms with van der Waals surface area (Å²) < 4.78 is 9.22. The van der Waals surface area contributed by atoms with Crippen LogP contribution in [0.5, 0.6) is 5.75 Å². The molecule has 30 heavy (non-hydrogen) atoms. The van der Waals surface area contributed by atoms with Crippen LogP contribution in [0.15, 0.2) is 53.8 Å². The summed E-state index contributed by atoms with van der Waals surface area (Å²) in [5.41, 5.74) is 2.66. The predicted molar refractivity (Wildman–Crippen MR) is 116 cm³/mol. The second-order valence-corrected chi connectivity index (χ2v) is 7.17. The van der Waals surface area contributed by atoms with Crippen LogP contribution in [0, 0.1) is 6.92 Å². The van der Waals surface area contributed by atoms with Crippen molar-refractivity contribution in [2.45, 2.75) is 39.8 Å². The molecule has 0 saturated carbocycles. The van der Waals surface area contributed by atoms with Crippen molar-refractivity contribution < 1.29 is 9.53 Å². The van der Waals surface area contributed by atoms with E-state index in [9.17, 15) is 9.59 Å². The van der Waals surface area contributed by atoms with E-state index in [0.717, 1.165) is 35.7 Å². The van der Waals surface area contributed by atoms with Crippen LogP contribution in [0.25, 0.3) is 0 Å². The fourth-order valence-electron chi connectivity index (χ4n) is 3.55. The molecule has 0 aliphatic rings. The third kappa shape index (κ3) is 4.97. The third-order valence-electron chi connectivity index (χ3n) is 5.13. The van der Waals surface area contributed by atoms with Crippen molar-refractivity contribution in [2.24, 2.45) is 0 Å². The number of pyridine rings is 1. The number of nitrogens with zero attached hydrogens (tertiary/aromatic N) is 3. The van der Waals surface area contributed by atoms with Crippen molar-refractivity contribution in [2.75, 3.05) is 13.7 Å². The number of hydrogen-bond donors (Lipinski definition) is 1. The van der Waals surface area contributed by atoms with E-state index in [2.05, 4.69) is 10.3 Å². The number of hydrogen-bond acceptors (Lipinski definition) is 4. The minimum Gasteiger partial charge on any atom is -0.497 e. The lowest BCUT2D eigenvalue weighted by Crippen LogP contribution is -2.33. The third-order valence-corrected chi connectivity index (χ3v) is 5.13. The average molecular weight is 409 g/mol. The van der Waals surface area contributed by atoms with Gasteiger partial charge in [0.15, 0.2) is 5.43 Å². The Balaban J connectivity index is 1.78. The smallest absolute Gasteiger partial charge is 0.257 e. The number of methoxy groups -OCH3 is 1. The average Bonchev–Trinajstić information content (AvgIpc) is 3.26. The number of amides is 1. The van der Waals surface area contributed by atoms with Crippen LogP contribution in [-0.2, 0) is 19.5 Å². The molecule has 0 radical (unpaired) electrons. The first kappa shape index (κ1) is 21.4. The summed E-state index contributed by atoms with van der Waals surface area (Å²) in [6.07, 6.45) is 6.70. The molecule has 0 unspecified atom stereocenters. The van der Waals surface area contributed by atoms with Crippen LogP contribution in [0.4, 0.5) is 0 Å². The Hall–Kier alpha value is -3.35. The van der Waals surface area contributed by atoms with Gasteiger partial charge in [-0.05, 0) is 37.5 Å². The number of carbonyl (C=O) groups excluding carboxylic acids is 1. The van der Waals surface area contributed by atoms with Gasteiger partial charge in [-0.25, -0.2) is 4.98 Å². The van der Waals surface area contributed by atoms with E-state index in [-0.39, 0.29) is 16.9 Å². The lowest BCUT2D eigenvalue weighted by Gasteiger charge is -2.19. The largest absolute Gasteiger partial charge is 0.497 e. The molecule has 0 aliphatic heterocycles. The number of aromatic nitrogens is 3. The minimum atomic E-state index is -0.314. The standard InChI is InChI=1S/C23H28N4O3/c1-4-20-22(23(29)25-10-5-12-26-13-11-24-16-26)21(28)14-17(2)27(20)15-18-6-8-19(30-3)9-7-18/h6-9,11,13-14,16H,4-5,10,12,15H2,1-3H3,(H,25,29). The van der Waals surface area contributed by atoms with Gasteiger partial charge in [0.05, 0.1) is 13.4 Å². The van der Waals surface area contributed by atoms with Crippen molar-refractivity contribution in [3.05, 3.63) is 81.8 Å². The first-order valence-corrected chi connectivity index (χ1v) is 10.1. The van der Waals surface area contributed by atoms with E-state index < -0.39 is 0 Å². The Kier molecular flexibility index (Phi) is 7.06. The molecule has 0 bridgehead atoms. The van der Waals surface area contributed by atoms with Crippen molar-refractivity contribution in [3.8, 4) is 5.75 Å². The zero-order valence-electron chi connectivity index (χ0n) is 17.7. The van der Waals surface area contributed by atoms with E-state index in [1.807, 2.05) is 53.4 Å². The number of aryl methyl sites for hydroxylation is 2. The number of ether oxygens (including phenoxy) is 1. The fourth-order valence-corrected chi connectivity index (χ4v) is 3.55. The highest BCUT2D eigenvalue weighted by Gasteiger charge is 2.19. The Morgan fingerprint density at radius 2 is 2.00 bits per heavy atom. The van der Waals surface area contributed by atoms with Crippen molar-refractivity contribution >= 4 is 5.91 Å². The topological polar surface area (TPSA) is 78.2 Å². The van der Waals surface area contributed by atoms with Gasteiger partial charge in [0.2, 0.25) is 0 Å². The maximum absolute atomic E-state index is 12.8. The minimum absolute atomic E-state index is 0.234. The Morgan fingerprint density at radius 3 is 2.63 bits per heavy atom. The molecule has 1 aromatic carbocycles. The molecule has 3 rings (SSSR count). The normalized spacial score (nSPS) is 10.8. The number of imidazole rings is 1. The molecule has 158 valence electrons. The highest BCUT2D eigenvalue weighted by Crippen LogP contribution is 2.16. The van der Waals surface area contributed by atoms with Crippen LogP contribution in [-0.4, -0.2) is 33.7 Å². The number of carbonyl (C=O) groups is 1. The van der Waals surface area contributed by atoms with Crippen LogP contribution < -0.4 is 15.5 Å². The van der Waals surface area contributed by atoms with Crippen molar-refractivity contribution in [1.29, 1.82) is 0 Å². The van der Waals surface area contributed by atoms with Gasteiger partial charge in [-0.1, -0.05) is 19.1 Å². The Labute approximate surface area is 176 Å². The Bertz CT molecular complexity index is 1040. The number of nitrogens with one attached hydrogen (secondary N) is 1. The lowest BCUT2D eigenvalue weighted by molar-refractivity contribution is 0.0949. The highest BCUT2D eigenvalue weighted by atomic mass is 16.5. The molecule has 1 N–H and O–H groups in total.